The first-order chi connectivity index (χ1) is 15.0. The van der Waals surface area contributed by atoms with E-state index in [0.717, 1.165) is 5.56 Å². The Morgan fingerprint density at radius 2 is 1.47 bits per heavy atom. The van der Waals surface area contributed by atoms with Crippen LogP contribution in [-0.2, 0) is 18.9 Å². The summed E-state index contributed by atoms with van der Waals surface area (Å²) in [6, 6.07) is 14.1. The molecule has 3 aromatic carbocycles. The Morgan fingerprint density at radius 3 is 2.06 bits per heavy atom. The van der Waals surface area contributed by atoms with Gasteiger partial charge in [-0.1, -0.05) is 41.9 Å². The second-order valence-electron chi connectivity index (χ2n) is 7.08. The monoisotopic (exact) mass is 469 g/mol. The van der Waals surface area contributed by atoms with E-state index in [9.17, 15) is 26.3 Å². The molecule has 4 aromatic rings. The topological polar surface area (TPSA) is 40.7 Å². The first kappa shape index (κ1) is 22.0. The van der Waals surface area contributed by atoms with Crippen LogP contribution in [0.15, 0.2) is 60.7 Å². The van der Waals surface area contributed by atoms with Gasteiger partial charge in [0.25, 0.3) is 0 Å². The van der Waals surface area contributed by atoms with Gasteiger partial charge in [-0.25, -0.2) is 0 Å². The number of fused-ring (bicyclic) bond motifs is 1. The Morgan fingerprint density at radius 1 is 0.844 bits per heavy atom. The lowest BCUT2D eigenvalue weighted by Crippen LogP contribution is -2.13. The zero-order valence-corrected chi connectivity index (χ0v) is 16.8. The highest BCUT2D eigenvalue weighted by Gasteiger charge is 2.36. The molecule has 0 radical (unpaired) electrons. The Labute approximate surface area is 183 Å². The van der Waals surface area contributed by atoms with E-state index < -0.39 is 23.5 Å². The van der Waals surface area contributed by atoms with Crippen LogP contribution in [0.1, 0.15) is 16.7 Å². The minimum Gasteiger partial charge on any atom is -0.364 e. The molecule has 0 saturated carbocycles. The average Bonchev–Trinajstić information content (AvgIpc) is 3.12. The summed E-state index contributed by atoms with van der Waals surface area (Å²) in [5.74, 6) is 0.278. The number of hydrogen-bond acceptors (Lipinski definition) is 2. The van der Waals surface area contributed by atoms with Crippen molar-refractivity contribution in [2.45, 2.75) is 18.9 Å². The van der Waals surface area contributed by atoms with E-state index in [4.69, 9.17) is 11.6 Å². The molecule has 2 N–H and O–H groups in total. The number of aromatic amines is 1. The zero-order valence-electron chi connectivity index (χ0n) is 16.1. The van der Waals surface area contributed by atoms with Crippen molar-refractivity contribution in [3.63, 3.8) is 0 Å². The first-order valence-corrected chi connectivity index (χ1v) is 9.65. The molecular formula is C22H14ClF6N3. The molecule has 0 saturated heterocycles. The normalized spacial score (nSPS) is 12.3. The van der Waals surface area contributed by atoms with Crippen LogP contribution in [-0.4, -0.2) is 10.2 Å². The lowest BCUT2D eigenvalue weighted by Gasteiger charge is -2.14. The number of halogens is 7. The molecule has 0 spiro atoms. The fraction of sp³-hybridized carbons (Fsp3) is 0.136. The van der Waals surface area contributed by atoms with E-state index in [-0.39, 0.29) is 24.0 Å². The fourth-order valence-electron chi connectivity index (χ4n) is 3.32. The van der Waals surface area contributed by atoms with Crippen molar-refractivity contribution in [1.29, 1.82) is 0 Å². The minimum atomic E-state index is -4.91. The number of nitrogens with one attached hydrogen (secondary N) is 2. The highest BCUT2D eigenvalue weighted by atomic mass is 35.5. The maximum atomic E-state index is 13.1. The second-order valence-corrected chi connectivity index (χ2v) is 7.49. The van der Waals surface area contributed by atoms with Crippen LogP contribution >= 0.6 is 11.6 Å². The van der Waals surface area contributed by atoms with Crippen molar-refractivity contribution in [2.75, 3.05) is 5.32 Å². The molecule has 0 atom stereocenters. The number of rotatable bonds is 4. The molecule has 1 aromatic heterocycles. The van der Waals surface area contributed by atoms with E-state index in [1.807, 2.05) is 30.3 Å². The molecule has 32 heavy (non-hydrogen) atoms. The third kappa shape index (κ3) is 4.52. The number of nitrogens with zero attached hydrogens (tertiary/aromatic N) is 1. The predicted octanol–water partition coefficient (Wildman–Crippen LogP) is 7.53. The maximum Gasteiger partial charge on any atom is 0.416 e. The summed E-state index contributed by atoms with van der Waals surface area (Å²) in [4.78, 5) is 0. The summed E-state index contributed by atoms with van der Waals surface area (Å²) in [6.07, 6.45) is -9.81. The van der Waals surface area contributed by atoms with Crippen molar-refractivity contribution >= 4 is 28.3 Å². The van der Waals surface area contributed by atoms with E-state index >= 15 is 0 Å². The minimum absolute atomic E-state index is 0.0988. The molecule has 0 aliphatic rings. The molecule has 4 rings (SSSR count). The van der Waals surface area contributed by atoms with Gasteiger partial charge in [0.15, 0.2) is 5.82 Å². The summed E-state index contributed by atoms with van der Waals surface area (Å²) >= 11 is 6.36. The summed E-state index contributed by atoms with van der Waals surface area (Å²) in [7, 11) is 0. The lowest BCUT2D eigenvalue weighted by atomic mass is 10.0. The largest absolute Gasteiger partial charge is 0.416 e. The number of hydrogen-bond donors (Lipinski definition) is 2. The molecule has 166 valence electrons. The van der Waals surface area contributed by atoms with Crippen molar-refractivity contribution in [3.05, 3.63) is 82.4 Å². The zero-order chi connectivity index (χ0) is 23.1. The van der Waals surface area contributed by atoms with Crippen molar-refractivity contribution in [1.82, 2.24) is 10.2 Å². The average molecular weight is 470 g/mol. The third-order valence-electron chi connectivity index (χ3n) is 4.84. The predicted molar refractivity (Wildman–Crippen MR) is 110 cm³/mol. The van der Waals surface area contributed by atoms with Gasteiger partial charge in [-0.3, -0.25) is 5.10 Å². The summed E-state index contributed by atoms with van der Waals surface area (Å²) in [5.41, 5.74) is -0.789. The Bertz CT molecular complexity index is 1230. The molecule has 10 heteroatoms. The third-order valence-corrected chi connectivity index (χ3v) is 5.16. The van der Waals surface area contributed by atoms with Crippen LogP contribution in [0.25, 0.3) is 22.0 Å². The van der Waals surface area contributed by atoms with Gasteiger partial charge < -0.3 is 5.32 Å². The number of alkyl halides is 6. The SMILES string of the molecule is FC(F)(F)c1cc(CNc2n[nH]c3cc(Cl)c(-c4ccccc4)cc23)cc(C(F)(F)F)c1. The molecule has 0 amide bonds. The Kier molecular flexibility index (Phi) is 5.54. The van der Waals surface area contributed by atoms with Gasteiger partial charge in [0.2, 0.25) is 0 Å². The highest BCUT2D eigenvalue weighted by Crippen LogP contribution is 2.37. The molecule has 0 aliphatic carbocycles. The van der Waals surface area contributed by atoms with E-state index in [1.54, 1.807) is 12.1 Å². The molecule has 1 heterocycles. The highest BCUT2D eigenvalue weighted by molar-refractivity contribution is 6.34. The van der Waals surface area contributed by atoms with Crippen LogP contribution < -0.4 is 5.32 Å². The lowest BCUT2D eigenvalue weighted by molar-refractivity contribution is -0.143. The fourth-order valence-corrected chi connectivity index (χ4v) is 3.59. The Hall–Kier alpha value is -3.20. The molecule has 0 unspecified atom stereocenters. The maximum absolute atomic E-state index is 13.1. The van der Waals surface area contributed by atoms with Gasteiger partial charge in [-0.15, -0.1) is 0 Å². The standard InChI is InChI=1S/C22H14ClF6N3/c23-18-10-19-17(9-16(18)13-4-2-1-3-5-13)20(32-31-19)30-11-12-6-14(21(24,25)26)8-15(7-12)22(27,28)29/h1-10H,11H2,(H2,30,31,32). The van der Waals surface area contributed by atoms with Crippen molar-refractivity contribution in [2.24, 2.45) is 0 Å². The summed E-state index contributed by atoms with van der Waals surface area (Å²) < 4.78 is 78.5. The van der Waals surface area contributed by atoms with Gasteiger partial charge >= 0.3 is 12.4 Å². The number of H-pyrrole nitrogens is 1. The molecule has 0 fully saturated rings. The van der Waals surface area contributed by atoms with Gasteiger partial charge in [0, 0.05) is 17.5 Å². The van der Waals surface area contributed by atoms with E-state index in [0.29, 0.717) is 33.6 Å². The van der Waals surface area contributed by atoms with E-state index in [1.165, 1.54) is 0 Å². The van der Waals surface area contributed by atoms with Crippen molar-refractivity contribution < 1.29 is 26.3 Å². The summed E-state index contributed by atoms with van der Waals surface area (Å²) in [5, 5.41) is 10.7. The van der Waals surface area contributed by atoms with Gasteiger partial charge in [0.05, 0.1) is 21.7 Å². The number of aromatic nitrogens is 2. The second kappa shape index (κ2) is 8.05. The molecule has 0 aliphatic heterocycles. The molecular weight excluding hydrogens is 456 g/mol. The van der Waals surface area contributed by atoms with Crippen LogP contribution in [0.2, 0.25) is 5.02 Å². The number of benzene rings is 3. The summed E-state index contributed by atoms with van der Waals surface area (Å²) in [6.45, 7) is -0.295. The number of anilines is 1. The van der Waals surface area contributed by atoms with Crippen LogP contribution in [0, 0.1) is 0 Å². The van der Waals surface area contributed by atoms with Crippen molar-refractivity contribution in [3.8, 4) is 11.1 Å². The van der Waals surface area contributed by atoms with Crippen LogP contribution in [0.5, 0.6) is 0 Å². The molecule has 3 nitrogen and oxygen atoms in total. The van der Waals surface area contributed by atoms with Gasteiger partial charge in [-0.05, 0) is 41.5 Å². The van der Waals surface area contributed by atoms with Crippen LogP contribution in [0.3, 0.4) is 0 Å². The van der Waals surface area contributed by atoms with Gasteiger partial charge in [-0.2, -0.15) is 31.4 Å². The molecule has 0 bridgehead atoms. The smallest absolute Gasteiger partial charge is 0.364 e. The van der Waals surface area contributed by atoms with Crippen LogP contribution in [0.4, 0.5) is 32.2 Å². The quantitative estimate of drug-likeness (QED) is 0.303. The van der Waals surface area contributed by atoms with Gasteiger partial charge in [0.1, 0.15) is 0 Å². The van der Waals surface area contributed by atoms with E-state index in [2.05, 4.69) is 15.5 Å². The Balaban J connectivity index is 1.68. The first-order valence-electron chi connectivity index (χ1n) is 9.27.